The van der Waals surface area contributed by atoms with Gasteiger partial charge in [-0.05, 0) is 36.4 Å². The number of benzene rings is 2. The maximum Gasteiger partial charge on any atom is 0.276 e. The van der Waals surface area contributed by atoms with Crippen LogP contribution in [0.25, 0.3) is 0 Å². The van der Waals surface area contributed by atoms with E-state index in [1.165, 1.54) is 30.5 Å². The molecular weight excluding hydrogens is 336 g/mol. The molecular formula is C16H13ClN2O3S. The van der Waals surface area contributed by atoms with Crippen LogP contribution in [0.5, 0.6) is 5.75 Å². The van der Waals surface area contributed by atoms with Gasteiger partial charge >= 0.3 is 0 Å². The fourth-order valence-corrected chi connectivity index (χ4v) is 2.59. The molecule has 0 radical (unpaired) electrons. The third-order valence-electron chi connectivity index (χ3n) is 2.73. The normalized spacial score (nSPS) is 11.1. The molecule has 0 aromatic heterocycles. The van der Waals surface area contributed by atoms with E-state index in [1.54, 1.807) is 24.3 Å². The van der Waals surface area contributed by atoms with Crippen LogP contribution in [0.1, 0.15) is 5.56 Å². The van der Waals surface area contributed by atoms with E-state index >= 15 is 0 Å². The van der Waals surface area contributed by atoms with Crippen LogP contribution in [-0.4, -0.2) is 21.2 Å². The van der Waals surface area contributed by atoms with E-state index in [2.05, 4.69) is 15.9 Å². The summed E-state index contributed by atoms with van der Waals surface area (Å²) in [6.07, 6.45) is 6.50. The molecule has 0 saturated carbocycles. The number of sulfonamides is 1. The van der Waals surface area contributed by atoms with Crippen molar-refractivity contribution in [2.75, 3.05) is 6.61 Å². The number of terminal acetylenes is 1. The second-order valence-corrected chi connectivity index (χ2v) is 6.43. The average Bonchev–Trinajstić information content (AvgIpc) is 2.54. The Bertz CT molecular complexity index is 840. The summed E-state index contributed by atoms with van der Waals surface area (Å²) in [4.78, 5) is 2.19. The Hall–Kier alpha value is -2.49. The SMILES string of the molecule is C#CCOc1ccccc1C=NNS(=O)(=O)c1ccc(Cl)cc1. The molecule has 2 aromatic carbocycles. The van der Waals surface area contributed by atoms with E-state index < -0.39 is 10.0 Å². The summed E-state index contributed by atoms with van der Waals surface area (Å²) >= 11 is 5.73. The summed E-state index contributed by atoms with van der Waals surface area (Å²) in [6.45, 7) is 0.112. The van der Waals surface area contributed by atoms with E-state index in [1.807, 2.05) is 0 Å². The molecule has 0 heterocycles. The lowest BCUT2D eigenvalue weighted by molar-refractivity contribution is 0.370. The highest BCUT2D eigenvalue weighted by molar-refractivity contribution is 7.89. The Morgan fingerprint density at radius 3 is 2.61 bits per heavy atom. The van der Waals surface area contributed by atoms with Crippen molar-refractivity contribution in [3.05, 3.63) is 59.1 Å². The van der Waals surface area contributed by atoms with Crippen LogP contribution in [0.4, 0.5) is 0 Å². The molecule has 0 amide bonds. The van der Waals surface area contributed by atoms with Crippen molar-refractivity contribution in [3.8, 4) is 18.1 Å². The van der Waals surface area contributed by atoms with Crippen LogP contribution in [-0.2, 0) is 10.0 Å². The van der Waals surface area contributed by atoms with Gasteiger partial charge in [0.05, 0.1) is 11.1 Å². The number of nitrogens with zero attached hydrogens (tertiary/aromatic N) is 1. The lowest BCUT2D eigenvalue weighted by atomic mass is 10.2. The molecule has 2 rings (SSSR count). The van der Waals surface area contributed by atoms with Gasteiger partial charge in [0.25, 0.3) is 10.0 Å². The summed E-state index contributed by atoms with van der Waals surface area (Å²) in [7, 11) is -3.76. The molecule has 2 aromatic rings. The van der Waals surface area contributed by atoms with E-state index in [4.69, 9.17) is 22.8 Å². The molecule has 0 bridgehead atoms. The number of ether oxygens (including phenoxy) is 1. The standard InChI is InChI=1S/C16H13ClN2O3S/c1-2-11-22-16-6-4-3-5-13(16)12-18-19-23(20,21)15-9-7-14(17)8-10-15/h1,3-10,12,19H,11H2. The summed E-state index contributed by atoms with van der Waals surface area (Å²) in [5.74, 6) is 2.87. The van der Waals surface area contributed by atoms with E-state index in [-0.39, 0.29) is 11.5 Å². The second kappa shape index (κ2) is 7.68. The van der Waals surface area contributed by atoms with Gasteiger partial charge in [0.15, 0.2) is 0 Å². The molecule has 0 aliphatic rings. The zero-order chi connectivity index (χ0) is 16.7. The van der Waals surface area contributed by atoms with Crippen molar-refractivity contribution < 1.29 is 13.2 Å². The first kappa shape index (κ1) is 16.9. The molecule has 0 aliphatic heterocycles. The number of hydrazone groups is 1. The smallest absolute Gasteiger partial charge is 0.276 e. The zero-order valence-electron chi connectivity index (χ0n) is 11.9. The highest BCUT2D eigenvalue weighted by atomic mass is 35.5. The van der Waals surface area contributed by atoms with Gasteiger partial charge in [-0.2, -0.15) is 13.5 Å². The number of halogens is 1. The van der Waals surface area contributed by atoms with Gasteiger partial charge in [0, 0.05) is 10.6 Å². The van der Waals surface area contributed by atoms with Crippen molar-refractivity contribution in [1.82, 2.24) is 4.83 Å². The van der Waals surface area contributed by atoms with Gasteiger partial charge in [-0.15, -0.1) is 6.42 Å². The van der Waals surface area contributed by atoms with Crippen LogP contribution in [0, 0.1) is 12.3 Å². The Balaban J connectivity index is 2.12. The first-order chi connectivity index (χ1) is 11.0. The fraction of sp³-hybridized carbons (Fsp3) is 0.0625. The van der Waals surface area contributed by atoms with Gasteiger partial charge in [0.2, 0.25) is 0 Å². The van der Waals surface area contributed by atoms with Crippen LogP contribution in [0.3, 0.4) is 0 Å². The summed E-state index contributed by atoms with van der Waals surface area (Å²) in [5, 5.41) is 4.20. The molecule has 0 saturated heterocycles. The number of rotatable bonds is 6. The van der Waals surface area contributed by atoms with Crippen molar-refractivity contribution >= 4 is 27.8 Å². The van der Waals surface area contributed by atoms with Crippen molar-refractivity contribution in [3.63, 3.8) is 0 Å². The van der Waals surface area contributed by atoms with E-state index in [9.17, 15) is 8.42 Å². The van der Waals surface area contributed by atoms with Gasteiger partial charge in [-0.3, -0.25) is 0 Å². The van der Waals surface area contributed by atoms with Crippen LogP contribution < -0.4 is 9.57 Å². The summed E-state index contributed by atoms with van der Waals surface area (Å²) < 4.78 is 29.5. The molecule has 0 spiro atoms. The lowest BCUT2D eigenvalue weighted by Gasteiger charge is -2.06. The minimum absolute atomic E-state index is 0.0657. The predicted molar refractivity (Wildman–Crippen MR) is 90.1 cm³/mol. The second-order valence-electron chi connectivity index (χ2n) is 4.34. The fourth-order valence-electron chi connectivity index (χ4n) is 1.67. The van der Waals surface area contributed by atoms with Gasteiger partial charge < -0.3 is 4.74 Å². The van der Waals surface area contributed by atoms with Gasteiger partial charge in [-0.25, -0.2) is 4.83 Å². The van der Waals surface area contributed by atoms with Gasteiger partial charge in [-0.1, -0.05) is 29.7 Å². The van der Waals surface area contributed by atoms with Gasteiger partial charge in [0.1, 0.15) is 12.4 Å². The van der Waals surface area contributed by atoms with Crippen molar-refractivity contribution in [2.24, 2.45) is 5.10 Å². The van der Waals surface area contributed by atoms with Crippen LogP contribution in [0.15, 0.2) is 58.5 Å². The predicted octanol–water partition coefficient (Wildman–Crippen LogP) is 2.66. The summed E-state index contributed by atoms with van der Waals surface area (Å²) in [5.41, 5.74) is 0.599. The first-order valence-electron chi connectivity index (χ1n) is 6.48. The highest BCUT2D eigenvalue weighted by Crippen LogP contribution is 2.16. The Kier molecular flexibility index (Phi) is 5.63. The minimum Gasteiger partial charge on any atom is -0.480 e. The van der Waals surface area contributed by atoms with E-state index in [0.29, 0.717) is 16.3 Å². The molecule has 0 atom stereocenters. The number of para-hydroxylation sites is 1. The summed E-state index contributed by atoms with van der Waals surface area (Å²) in [6, 6.07) is 12.8. The van der Waals surface area contributed by atoms with Crippen LogP contribution >= 0.6 is 11.6 Å². The molecule has 23 heavy (non-hydrogen) atoms. The quantitative estimate of drug-likeness (QED) is 0.496. The largest absolute Gasteiger partial charge is 0.480 e. The Labute approximate surface area is 140 Å². The van der Waals surface area contributed by atoms with Crippen molar-refractivity contribution in [2.45, 2.75) is 4.90 Å². The third-order valence-corrected chi connectivity index (χ3v) is 4.22. The third kappa shape index (κ3) is 4.74. The van der Waals surface area contributed by atoms with Crippen molar-refractivity contribution in [1.29, 1.82) is 0 Å². The minimum atomic E-state index is -3.76. The topological polar surface area (TPSA) is 67.8 Å². The number of hydrogen-bond acceptors (Lipinski definition) is 4. The molecule has 7 heteroatoms. The highest BCUT2D eigenvalue weighted by Gasteiger charge is 2.12. The molecule has 0 fully saturated rings. The molecule has 5 nitrogen and oxygen atoms in total. The van der Waals surface area contributed by atoms with E-state index in [0.717, 1.165) is 0 Å². The number of hydrogen-bond donors (Lipinski definition) is 1. The molecule has 118 valence electrons. The Morgan fingerprint density at radius 1 is 1.22 bits per heavy atom. The molecule has 0 unspecified atom stereocenters. The maximum absolute atomic E-state index is 12.1. The average molecular weight is 349 g/mol. The maximum atomic E-state index is 12.1. The first-order valence-corrected chi connectivity index (χ1v) is 8.35. The van der Waals surface area contributed by atoms with Crippen LogP contribution in [0.2, 0.25) is 5.02 Å². The Morgan fingerprint density at radius 2 is 1.91 bits per heavy atom. The zero-order valence-corrected chi connectivity index (χ0v) is 13.5. The molecule has 1 N–H and O–H groups in total. The lowest BCUT2D eigenvalue weighted by Crippen LogP contribution is -2.18. The monoisotopic (exact) mass is 348 g/mol. The molecule has 0 aliphatic carbocycles. The number of nitrogens with one attached hydrogen (secondary N) is 1.